The molecule has 3 rings (SSSR count). The highest BCUT2D eigenvalue weighted by molar-refractivity contribution is 6.37. The highest BCUT2D eigenvalue weighted by Crippen LogP contribution is 2.40. The van der Waals surface area contributed by atoms with Gasteiger partial charge in [-0.25, -0.2) is 19.6 Å². The van der Waals surface area contributed by atoms with Crippen molar-refractivity contribution in [3.8, 4) is 11.1 Å². The molecule has 0 bridgehead atoms. The predicted octanol–water partition coefficient (Wildman–Crippen LogP) is 4.12. The van der Waals surface area contributed by atoms with Gasteiger partial charge in [-0.15, -0.1) is 0 Å². The molecule has 0 aliphatic heterocycles. The lowest BCUT2D eigenvalue weighted by Crippen LogP contribution is -2.10. The smallest absolute Gasteiger partial charge is 0.160 e. The number of rotatable bonds is 2. The number of aromatic nitrogens is 1. The maximum Gasteiger partial charge on any atom is 0.160 e. The molecule has 3 nitrogen and oxygen atoms in total. The number of nitrogens with zero attached hydrogens (tertiary/aromatic N) is 1. The van der Waals surface area contributed by atoms with Crippen molar-refractivity contribution in [1.29, 1.82) is 0 Å². The molecule has 0 saturated carbocycles. The first-order valence-electron chi connectivity index (χ1n) is 6.12. The lowest BCUT2D eigenvalue weighted by atomic mass is 10.00. The van der Waals surface area contributed by atoms with Crippen molar-refractivity contribution >= 4 is 28.3 Å². The molecule has 0 fully saturated rings. The van der Waals surface area contributed by atoms with Gasteiger partial charge in [0, 0.05) is 10.9 Å². The molecule has 106 valence electrons. The van der Waals surface area contributed by atoms with E-state index in [1.54, 1.807) is 24.3 Å². The van der Waals surface area contributed by atoms with Crippen molar-refractivity contribution < 1.29 is 8.78 Å². The molecule has 0 radical (unpaired) electrons. The molecule has 2 aromatic carbocycles. The summed E-state index contributed by atoms with van der Waals surface area (Å²) in [5.74, 6) is 4.14. The Morgan fingerprint density at radius 2 is 1.62 bits per heavy atom. The summed E-state index contributed by atoms with van der Waals surface area (Å²) in [5.41, 5.74) is 2.91. The third-order valence-electron chi connectivity index (χ3n) is 3.18. The first kappa shape index (κ1) is 13.7. The SMILES string of the molecule is NNc1nc2ccccc2c(-c2c(F)cccc2F)c1Cl. The average molecular weight is 306 g/mol. The monoisotopic (exact) mass is 305 g/mol. The number of hydrogen-bond acceptors (Lipinski definition) is 3. The zero-order valence-electron chi connectivity index (χ0n) is 10.7. The molecule has 0 amide bonds. The minimum atomic E-state index is -0.698. The molecule has 21 heavy (non-hydrogen) atoms. The summed E-state index contributed by atoms with van der Waals surface area (Å²) in [7, 11) is 0. The van der Waals surface area contributed by atoms with E-state index in [0.29, 0.717) is 10.9 Å². The number of nitrogen functional groups attached to an aromatic ring is 1. The van der Waals surface area contributed by atoms with Gasteiger partial charge in [0.25, 0.3) is 0 Å². The van der Waals surface area contributed by atoms with Crippen LogP contribution in [0, 0.1) is 11.6 Å². The van der Waals surface area contributed by atoms with E-state index in [9.17, 15) is 8.78 Å². The van der Waals surface area contributed by atoms with Crippen molar-refractivity contribution in [2.75, 3.05) is 5.43 Å². The molecule has 0 aliphatic carbocycles. The number of fused-ring (bicyclic) bond motifs is 1. The van der Waals surface area contributed by atoms with E-state index in [-0.39, 0.29) is 22.0 Å². The molecule has 6 heteroatoms. The molecule has 0 atom stereocenters. The van der Waals surface area contributed by atoms with Gasteiger partial charge in [-0.05, 0) is 18.2 Å². The van der Waals surface area contributed by atoms with Gasteiger partial charge in [0.05, 0.1) is 16.1 Å². The lowest BCUT2D eigenvalue weighted by Gasteiger charge is -2.14. The second-order valence-electron chi connectivity index (χ2n) is 4.41. The largest absolute Gasteiger partial charge is 0.307 e. The molecule has 3 N–H and O–H groups in total. The van der Waals surface area contributed by atoms with Gasteiger partial charge in [-0.2, -0.15) is 0 Å². The number of hydrazine groups is 1. The zero-order valence-corrected chi connectivity index (χ0v) is 11.5. The van der Waals surface area contributed by atoms with Crippen LogP contribution in [0.4, 0.5) is 14.6 Å². The summed E-state index contributed by atoms with van der Waals surface area (Å²) in [5, 5.41) is 0.616. The molecule has 0 aliphatic rings. The van der Waals surface area contributed by atoms with Gasteiger partial charge in [0.2, 0.25) is 0 Å². The molecule has 1 heterocycles. The van der Waals surface area contributed by atoms with Gasteiger partial charge >= 0.3 is 0 Å². The van der Waals surface area contributed by atoms with Crippen molar-refractivity contribution in [3.63, 3.8) is 0 Å². The van der Waals surface area contributed by atoms with Crippen molar-refractivity contribution in [2.24, 2.45) is 5.84 Å². The second-order valence-corrected chi connectivity index (χ2v) is 4.79. The van der Waals surface area contributed by atoms with Crippen LogP contribution in [0.1, 0.15) is 0 Å². The Labute approximate surface area is 124 Å². The number of nitrogens with one attached hydrogen (secondary N) is 1. The van der Waals surface area contributed by atoms with Crippen LogP contribution in [0.3, 0.4) is 0 Å². The summed E-state index contributed by atoms with van der Waals surface area (Å²) in [6, 6.07) is 10.6. The Morgan fingerprint density at radius 1 is 0.952 bits per heavy atom. The summed E-state index contributed by atoms with van der Waals surface area (Å²) in [6.07, 6.45) is 0. The van der Waals surface area contributed by atoms with Gasteiger partial charge in [0.1, 0.15) is 11.6 Å². The normalized spacial score (nSPS) is 10.9. The van der Waals surface area contributed by atoms with E-state index in [2.05, 4.69) is 10.4 Å². The Morgan fingerprint density at radius 3 is 2.29 bits per heavy atom. The van der Waals surface area contributed by atoms with Crippen LogP contribution in [0.2, 0.25) is 5.02 Å². The topological polar surface area (TPSA) is 50.9 Å². The number of para-hydroxylation sites is 1. The quantitative estimate of drug-likeness (QED) is 0.553. The second kappa shape index (κ2) is 5.27. The molecule has 0 saturated heterocycles. The fourth-order valence-corrected chi connectivity index (χ4v) is 2.56. The first-order chi connectivity index (χ1) is 10.1. The number of nitrogens with two attached hydrogens (primary N) is 1. The lowest BCUT2D eigenvalue weighted by molar-refractivity contribution is 0.590. The van der Waals surface area contributed by atoms with Crippen LogP contribution < -0.4 is 11.3 Å². The predicted molar refractivity (Wildman–Crippen MR) is 79.9 cm³/mol. The van der Waals surface area contributed by atoms with E-state index in [1.165, 1.54) is 18.2 Å². The van der Waals surface area contributed by atoms with Crippen molar-refractivity contribution in [1.82, 2.24) is 4.98 Å². The Kier molecular flexibility index (Phi) is 3.45. The van der Waals surface area contributed by atoms with Gasteiger partial charge in [-0.3, -0.25) is 0 Å². The summed E-state index contributed by atoms with van der Waals surface area (Å²) >= 11 is 6.23. The van der Waals surface area contributed by atoms with Crippen molar-refractivity contribution in [3.05, 3.63) is 59.1 Å². The summed E-state index contributed by atoms with van der Waals surface area (Å²) in [6.45, 7) is 0. The van der Waals surface area contributed by atoms with Crippen LogP contribution in [0.5, 0.6) is 0 Å². The zero-order chi connectivity index (χ0) is 15.0. The minimum Gasteiger partial charge on any atom is -0.307 e. The number of hydrogen-bond donors (Lipinski definition) is 2. The minimum absolute atomic E-state index is 0.0696. The third kappa shape index (κ3) is 2.20. The van der Waals surface area contributed by atoms with Crippen LogP contribution in [-0.4, -0.2) is 4.98 Å². The van der Waals surface area contributed by atoms with Crippen LogP contribution in [-0.2, 0) is 0 Å². The van der Waals surface area contributed by atoms with E-state index < -0.39 is 11.6 Å². The fourth-order valence-electron chi connectivity index (χ4n) is 2.27. The maximum absolute atomic E-state index is 14.1. The van der Waals surface area contributed by atoms with E-state index in [0.717, 1.165) is 0 Å². The van der Waals surface area contributed by atoms with Crippen LogP contribution in [0.25, 0.3) is 22.0 Å². The molecular weight excluding hydrogens is 296 g/mol. The molecule has 0 spiro atoms. The highest BCUT2D eigenvalue weighted by atomic mass is 35.5. The first-order valence-corrected chi connectivity index (χ1v) is 6.50. The Balaban J connectivity index is 2.49. The maximum atomic E-state index is 14.1. The van der Waals surface area contributed by atoms with Gasteiger partial charge < -0.3 is 5.43 Å². The van der Waals surface area contributed by atoms with Crippen LogP contribution >= 0.6 is 11.6 Å². The molecule has 1 aromatic heterocycles. The number of anilines is 1. The molecular formula is C15H10ClF2N3. The molecule has 0 unspecified atom stereocenters. The summed E-state index contributed by atoms with van der Waals surface area (Å²) in [4.78, 5) is 4.23. The fraction of sp³-hybridized carbons (Fsp3) is 0. The highest BCUT2D eigenvalue weighted by Gasteiger charge is 2.20. The number of pyridine rings is 1. The third-order valence-corrected chi connectivity index (χ3v) is 3.55. The summed E-state index contributed by atoms with van der Waals surface area (Å²) < 4.78 is 28.2. The van der Waals surface area contributed by atoms with Gasteiger partial charge in [0.15, 0.2) is 5.82 Å². The Bertz CT molecular complexity index is 816. The van der Waals surface area contributed by atoms with E-state index >= 15 is 0 Å². The van der Waals surface area contributed by atoms with Gasteiger partial charge in [-0.1, -0.05) is 35.9 Å². The van der Waals surface area contributed by atoms with E-state index in [1.807, 2.05) is 0 Å². The average Bonchev–Trinajstić information content (AvgIpc) is 2.48. The van der Waals surface area contributed by atoms with E-state index in [4.69, 9.17) is 17.4 Å². The van der Waals surface area contributed by atoms with Crippen molar-refractivity contribution in [2.45, 2.75) is 0 Å². The standard InChI is InChI=1S/C15H10ClF2N3/c16-14-12(13-9(17)5-3-6-10(13)18)8-4-1-2-7-11(8)20-15(14)21-19/h1-7H,19H2,(H,20,21). The number of benzene rings is 2. The number of halogens is 3. The molecule has 3 aromatic rings. The van der Waals surface area contributed by atoms with Crippen LogP contribution in [0.15, 0.2) is 42.5 Å². The Hall–Kier alpha value is -2.24.